The molecule has 1 aromatic carbocycles. The number of carbonyl (C=O) groups is 1. The van der Waals surface area contributed by atoms with Gasteiger partial charge in [-0.15, -0.1) is 34.4 Å². The molecule has 2 unspecified atom stereocenters. The Morgan fingerprint density at radius 2 is 1.93 bits per heavy atom. The molecule has 2 aliphatic rings. The predicted octanol–water partition coefficient (Wildman–Crippen LogP) is 6.72. The second kappa shape index (κ2) is 8.92. The maximum Gasteiger partial charge on any atom is 0.253 e. The van der Waals surface area contributed by atoms with Crippen LogP contribution in [0, 0.1) is 5.92 Å². The van der Waals surface area contributed by atoms with Crippen molar-refractivity contribution in [3.63, 3.8) is 0 Å². The molecule has 3 heterocycles. The van der Waals surface area contributed by atoms with Gasteiger partial charge in [0.25, 0.3) is 5.91 Å². The normalized spacial score (nSPS) is 22.2. The second-order valence-corrected chi connectivity index (χ2v) is 10.5. The molecule has 3 nitrogen and oxygen atoms in total. The molecule has 0 N–H and O–H groups in total. The zero-order valence-corrected chi connectivity index (χ0v) is 18.9. The average Bonchev–Trinajstić information content (AvgIpc) is 3.53. The monoisotopic (exact) mass is 450 g/mol. The lowest BCUT2D eigenvalue weighted by Crippen LogP contribution is -2.32. The van der Waals surface area contributed by atoms with Gasteiger partial charge in [-0.3, -0.25) is 4.79 Å². The lowest BCUT2D eigenvalue weighted by molar-refractivity contribution is -0.130. The van der Waals surface area contributed by atoms with Gasteiger partial charge in [0.2, 0.25) is 0 Å². The molecule has 3 aromatic rings. The van der Waals surface area contributed by atoms with Gasteiger partial charge in [0.1, 0.15) is 0 Å². The van der Waals surface area contributed by atoms with Gasteiger partial charge in [-0.2, -0.15) is 5.10 Å². The first-order valence-corrected chi connectivity index (χ1v) is 12.9. The Morgan fingerprint density at radius 3 is 2.70 bits per heavy atom. The van der Waals surface area contributed by atoms with Crippen LogP contribution in [0.1, 0.15) is 35.1 Å². The zero-order chi connectivity index (χ0) is 20.3. The van der Waals surface area contributed by atoms with Gasteiger partial charge in [0.05, 0.1) is 17.5 Å². The molecular formula is C24H22N2OS3. The fourth-order valence-corrected chi connectivity index (χ4v) is 6.55. The largest absolute Gasteiger partial charge is 0.272 e. The molecule has 2 atom stereocenters. The summed E-state index contributed by atoms with van der Waals surface area (Å²) in [7, 11) is 0. The van der Waals surface area contributed by atoms with Crippen LogP contribution in [-0.4, -0.2) is 22.4 Å². The van der Waals surface area contributed by atoms with Gasteiger partial charge < -0.3 is 0 Å². The highest BCUT2D eigenvalue weighted by Crippen LogP contribution is 2.45. The number of hydrogen-bond acceptors (Lipinski definition) is 5. The minimum Gasteiger partial charge on any atom is -0.272 e. The number of carbonyl (C=O) groups excluding carboxylic acids is 1. The van der Waals surface area contributed by atoms with Gasteiger partial charge in [0.15, 0.2) is 0 Å². The lowest BCUT2D eigenvalue weighted by atomic mass is 9.79. The van der Waals surface area contributed by atoms with Gasteiger partial charge in [-0.1, -0.05) is 30.3 Å². The standard InChI is InChI=1S/C24H22N2OS3/c27-22(16-30-18-8-2-1-3-9-18)26-24(21-12-6-14-29-21)20-11-4-7-17(23(20)25-26)15-19-10-5-13-28-19/h1-3,5-6,8-10,12-15,20,24H,4,7,11,16H2. The van der Waals surface area contributed by atoms with E-state index in [2.05, 4.69) is 41.1 Å². The molecule has 0 spiro atoms. The molecule has 0 saturated heterocycles. The summed E-state index contributed by atoms with van der Waals surface area (Å²) in [6, 6.07) is 18.6. The Kier molecular flexibility index (Phi) is 5.88. The summed E-state index contributed by atoms with van der Waals surface area (Å²) in [6.07, 6.45) is 5.53. The van der Waals surface area contributed by atoms with Crippen molar-refractivity contribution in [3.05, 3.63) is 80.7 Å². The average molecular weight is 451 g/mol. The molecule has 30 heavy (non-hydrogen) atoms. The van der Waals surface area contributed by atoms with Gasteiger partial charge in [-0.25, -0.2) is 5.01 Å². The highest BCUT2D eigenvalue weighted by Gasteiger charge is 2.44. The summed E-state index contributed by atoms with van der Waals surface area (Å²) in [5.74, 6) is 0.772. The first kappa shape index (κ1) is 19.8. The predicted molar refractivity (Wildman–Crippen MR) is 128 cm³/mol. The van der Waals surface area contributed by atoms with E-state index in [1.54, 1.807) is 39.4 Å². The van der Waals surface area contributed by atoms with Gasteiger partial charge in [-0.05, 0) is 65.9 Å². The first-order valence-electron chi connectivity index (χ1n) is 10.2. The van der Waals surface area contributed by atoms with Crippen LogP contribution in [0.3, 0.4) is 0 Å². The molecule has 1 fully saturated rings. The number of thiophene rings is 2. The number of rotatable bonds is 5. The molecular weight excluding hydrogens is 428 g/mol. The third-order valence-electron chi connectivity index (χ3n) is 5.56. The van der Waals surface area contributed by atoms with E-state index in [1.165, 1.54) is 15.3 Å². The van der Waals surface area contributed by atoms with Crippen molar-refractivity contribution >= 4 is 52.1 Å². The van der Waals surface area contributed by atoms with E-state index in [0.29, 0.717) is 5.75 Å². The van der Waals surface area contributed by atoms with Crippen molar-refractivity contribution < 1.29 is 4.79 Å². The Bertz CT molecular complexity index is 1060. The summed E-state index contributed by atoms with van der Waals surface area (Å²) in [5, 5.41) is 10.9. The molecule has 152 valence electrons. The Balaban J connectivity index is 1.44. The quantitative estimate of drug-likeness (QED) is 0.404. The SMILES string of the molecule is O=C(CSc1ccccc1)N1N=C2C(=Cc3cccs3)CCCC2C1c1cccs1. The summed E-state index contributed by atoms with van der Waals surface area (Å²) < 4.78 is 0. The molecule has 1 saturated carbocycles. The number of nitrogens with zero attached hydrogens (tertiary/aromatic N) is 2. The van der Waals surface area contributed by atoms with Crippen molar-refractivity contribution in [2.75, 3.05) is 5.75 Å². The van der Waals surface area contributed by atoms with Crippen molar-refractivity contribution in [1.29, 1.82) is 0 Å². The minimum absolute atomic E-state index is 0.0240. The Hall–Kier alpha value is -2.15. The molecule has 6 heteroatoms. The van der Waals surface area contributed by atoms with Crippen molar-refractivity contribution in [2.45, 2.75) is 30.2 Å². The Labute approximate surface area is 189 Å². The highest BCUT2D eigenvalue weighted by atomic mass is 32.2. The van der Waals surface area contributed by atoms with E-state index < -0.39 is 0 Å². The van der Waals surface area contributed by atoms with Crippen LogP contribution in [0.2, 0.25) is 0 Å². The summed E-state index contributed by atoms with van der Waals surface area (Å²) in [5.41, 5.74) is 2.41. The van der Waals surface area contributed by atoms with E-state index in [1.807, 2.05) is 30.3 Å². The second-order valence-electron chi connectivity index (χ2n) is 7.47. The molecule has 1 amide bonds. The van der Waals surface area contributed by atoms with E-state index in [0.717, 1.165) is 29.9 Å². The topological polar surface area (TPSA) is 32.7 Å². The van der Waals surface area contributed by atoms with Crippen LogP contribution >= 0.6 is 34.4 Å². The smallest absolute Gasteiger partial charge is 0.253 e. The molecule has 5 rings (SSSR count). The maximum atomic E-state index is 13.3. The number of fused-ring (bicyclic) bond motifs is 1. The summed E-state index contributed by atoms with van der Waals surface area (Å²) >= 11 is 5.06. The fraction of sp³-hybridized carbons (Fsp3) is 0.250. The van der Waals surface area contributed by atoms with E-state index in [9.17, 15) is 4.79 Å². The van der Waals surface area contributed by atoms with Crippen molar-refractivity contribution in [3.8, 4) is 0 Å². The van der Waals surface area contributed by atoms with E-state index in [-0.39, 0.29) is 17.9 Å². The van der Waals surface area contributed by atoms with E-state index >= 15 is 0 Å². The molecule has 1 aliphatic heterocycles. The number of benzene rings is 1. The van der Waals surface area contributed by atoms with Crippen molar-refractivity contribution in [2.24, 2.45) is 11.0 Å². The molecule has 1 aliphatic carbocycles. The summed E-state index contributed by atoms with van der Waals surface area (Å²) in [6.45, 7) is 0. The number of thioether (sulfide) groups is 1. The summed E-state index contributed by atoms with van der Waals surface area (Å²) in [4.78, 5) is 16.9. The van der Waals surface area contributed by atoms with E-state index in [4.69, 9.17) is 5.10 Å². The van der Waals surface area contributed by atoms with Gasteiger partial charge in [0, 0.05) is 20.6 Å². The zero-order valence-electron chi connectivity index (χ0n) is 16.4. The van der Waals surface area contributed by atoms with Crippen LogP contribution in [0.5, 0.6) is 0 Å². The van der Waals surface area contributed by atoms with Gasteiger partial charge >= 0.3 is 0 Å². The first-order chi connectivity index (χ1) is 14.8. The third kappa shape index (κ3) is 4.04. The van der Waals surface area contributed by atoms with Crippen LogP contribution in [-0.2, 0) is 4.79 Å². The minimum atomic E-state index is 0.0240. The molecule has 2 aromatic heterocycles. The third-order valence-corrected chi connectivity index (χ3v) is 8.32. The maximum absolute atomic E-state index is 13.3. The molecule has 0 radical (unpaired) electrons. The molecule has 0 bridgehead atoms. The number of hydrogen-bond donors (Lipinski definition) is 0. The van der Waals surface area contributed by atoms with Crippen LogP contribution < -0.4 is 0 Å². The lowest BCUT2D eigenvalue weighted by Gasteiger charge is -2.28. The van der Waals surface area contributed by atoms with Crippen LogP contribution in [0.4, 0.5) is 0 Å². The van der Waals surface area contributed by atoms with Crippen LogP contribution in [0.25, 0.3) is 6.08 Å². The van der Waals surface area contributed by atoms with Crippen LogP contribution in [0.15, 0.2) is 80.9 Å². The highest BCUT2D eigenvalue weighted by molar-refractivity contribution is 8.00. The number of amides is 1. The van der Waals surface area contributed by atoms with Crippen molar-refractivity contribution in [1.82, 2.24) is 5.01 Å². The Morgan fingerprint density at radius 1 is 1.10 bits per heavy atom. The number of allylic oxidation sites excluding steroid dienone is 1. The fourth-order valence-electron chi connectivity index (χ4n) is 4.22. The number of hydrazone groups is 1.